The summed E-state index contributed by atoms with van der Waals surface area (Å²) >= 11 is 0. The summed E-state index contributed by atoms with van der Waals surface area (Å²) in [5.74, 6) is -2.00. The minimum Gasteiger partial charge on any atom is -0.481 e. The van der Waals surface area contributed by atoms with Crippen LogP contribution in [-0.4, -0.2) is 47.5 Å². The number of hydrogen-bond acceptors (Lipinski definition) is 4. The normalized spacial score (nSPS) is 22.9. The van der Waals surface area contributed by atoms with Gasteiger partial charge in [0.15, 0.2) is 0 Å². The number of hydrogen-bond donors (Lipinski definition) is 1. The van der Waals surface area contributed by atoms with E-state index in [4.69, 9.17) is 9.84 Å². The predicted molar refractivity (Wildman–Crippen MR) is 62.7 cm³/mol. The maximum atomic E-state index is 11.8. The summed E-state index contributed by atoms with van der Waals surface area (Å²) in [7, 11) is 0. The molecule has 0 bridgehead atoms. The average molecular weight is 257 g/mol. The van der Waals surface area contributed by atoms with Crippen LogP contribution in [0.3, 0.4) is 0 Å². The fourth-order valence-electron chi connectivity index (χ4n) is 2.09. The van der Waals surface area contributed by atoms with Crippen LogP contribution in [0.5, 0.6) is 0 Å². The molecule has 102 valence electrons. The number of rotatable bonds is 5. The lowest BCUT2D eigenvalue weighted by atomic mass is 9.99. The number of amides is 1. The second-order valence-corrected chi connectivity index (χ2v) is 4.53. The minimum atomic E-state index is -0.872. The third-order valence-electron chi connectivity index (χ3n) is 3.13. The van der Waals surface area contributed by atoms with E-state index in [1.54, 1.807) is 6.92 Å². The fourth-order valence-corrected chi connectivity index (χ4v) is 2.09. The van der Waals surface area contributed by atoms with Crippen LogP contribution in [0.15, 0.2) is 0 Å². The molecule has 1 fully saturated rings. The molecule has 0 radical (unpaired) electrons. The van der Waals surface area contributed by atoms with Crippen LogP contribution < -0.4 is 0 Å². The second-order valence-electron chi connectivity index (χ2n) is 4.53. The number of carbonyl (C=O) groups is 3. The van der Waals surface area contributed by atoms with Gasteiger partial charge in [0.25, 0.3) is 0 Å². The molecule has 1 heterocycles. The Morgan fingerprint density at radius 3 is 2.44 bits per heavy atom. The van der Waals surface area contributed by atoms with Gasteiger partial charge < -0.3 is 14.7 Å². The molecule has 0 aromatic carbocycles. The van der Waals surface area contributed by atoms with Gasteiger partial charge in [0.2, 0.25) is 5.91 Å². The molecule has 1 rings (SSSR count). The molecule has 0 aromatic rings. The highest BCUT2D eigenvalue weighted by Crippen LogP contribution is 2.23. The zero-order valence-electron chi connectivity index (χ0n) is 10.7. The van der Waals surface area contributed by atoms with E-state index in [2.05, 4.69) is 0 Å². The molecule has 18 heavy (non-hydrogen) atoms. The minimum absolute atomic E-state index is 0.0472. The smallest absolute Gasteiger partial charge is 0.308 e. The Bertz CT molecular complexity index is 341. The molecule has 6 heteroatoms. The van der Waals surface area contributed by atoms with Gasteiger partial charge in [-0.05, 0) is 12.8 Å². The van der Waals surface area contributed by atoms with E-state index in [1.807, 2.05) is 6.92 Å². The molecule has 0 spiro atoms. The molecule has 0 aliphatic carbocycles. The Labute approximate surface area is 106 Å². The van der Waals surface area contributed by atoms with Crippen molar-refractivity contribution in [2.24, 2.45) is 11.8 Å². The number of ether oxygens (including phenoxy) is 1. The van der Waals surface area contributed by atoms with Gasteiger partial charge in [0.1, 0.15) is 0 Å². The van der Waals surface area contributed by atoms with E-state index in [-0.39, 0.29) is 31.2 Å². The Morgan fingerprint density at radius 1 is 1.28 bits per heavy atom. The van der Waals surface area contributed by atoms with Crippen LogP contribution in [0.2, 0.25) is 0 Å². The van der Waals surface area contributed by atoms with Crippen LogP contribution in [0.25, 0.3) is 0 Å². The summed E-state index contributed by atoms with van der Waals surface area (Å²) in [6.07, 6.45) is 0.132. The molecule has 1 saturated heterocycles. The maximum Gasteiger partial charge on any atom is 0.308 e. The maximum absolute atomic E-state index is 11.8. The largest absolute Gasteiger partial charge is 0.481 e. The zero-order valence-corrected chi connectivity index (χ0v) is 10.7. The number of carboxylic acids is 1. The molecule has 2 atom stereocenters. The number of likely N-dealkylation sites (tertiary alicyclic amines) is 1. The van der Waals surface area contributed by atoms with Gasteiger partial charge in [-0.3, -0.25) is 14.4 Å². The van der Waals surface area contributed by atoms with Crippen LogP contribution in [0, 0.1) is 11.8 Å². The van der Waals surface area contributed by atoms with Crippen molar-refractivity contribution in [1.82, 2.24) is 4.90 Å². The molecule has 0 aromatic heterocycles. The van der Waals surface area contributed by atoms with Crippen LogP contribution in [0.4, 0.5) is 0 Å². The Morgan fingerprint density at radius 2 is 1.94 bits per heavy atom. The van der Waals surface area contributed by atoms with Gasteiger partial charge >= 0.3 is 11.9 Å². The SMILES string of the molecule is CCOC(=O)CCC(=O)N1CC(C)C(C(=O)O)C1. The summed E-state index contributed by atoms with van der Waals surface area (Å²) in [5, 5.41) is 8.96. The first kappa shape index (κ1) is 14.5. The molecule has 1 amide bonds. The summed E-state index contributed by atoms with van der Waals surface area (Å²) < 4.78 is 4.73. The van der Waals surface area contributed by atoms with Gasteiger partial charge in [0.05, 0.1) is 18.9 Å². The molecule has 6 nitrogen and oxygen atoms in total. The first-order valence-corrected chi connectivity index (χ1v) is 6.11. The summed E-state index contributed by atoms with van der Waals surface area (Å²) in [4.78, 5) is 35.3. The van der Waals surface area contributed by atoms with E-state index in [0.29, 0.717) is 13.2 Å². The molecular weight excluding hydrogens is 238 g/mol. The Hall–Kier alpha value is -1.59. The lowest BCUT2D eigenvalue weighted by Gasteiger charge is -2.15. The third kappa shape index (κ3) is 3.72. The molecule has 1 N–H and O–H groups in total. The van der Waals surface area contributed by atoms with Gasteiger partial charge in [-0.25, -0.2) is 0 Å². The third-order valence-corrected chi connectivity index (χ3v) is 3.13. The summed E-state index contributed by atoms with van der Waals surface area (Å²) in [6.45, 7) is 4.50. The molecule has 0 saturated carbocycles. The van der Waals surface area contributed by atoms with Crippen molar-refractivity contribution in [3.8, 4) is 0 Å². The van der Waals surface area contributed by atoms with Crippen LogP contribution in [0.1, 0.15) is 26.7 Å². The Balaban J connectivity index is 2.40. The summed E-state index contributed by atoms with van der Waals surface area (Å²) in [5.41, 5.74) is 0. The molecule has 2 unspecified atom stereocenters. The first-order chi connectivity index (χ1) is 8.45. The van der Waals surface area contributed by atoms with Gasteiger partial charge in [-0.2, -0.15) is 0 Å². The van der Waals surface area contributed by atoms with Crippen molar-refractivity contribution in [2.45, 2.75) is 26.7 Å². The predicted octanol–water partition coefficient (Wildman–Crippen LogP) is 0.509. The highest BCUT2D eigenvalue weighted by atomic mass is 16.5. The van der Waals surface area contributed by atoms with Crippen molar-refractivity contribution < 1.29 is 24.2 Å². The molecular formula is C12H19NO5. The highest BCUT2D eigenvalue weighted by Gasteiger charge is 2.36. The lowest BCUT2D eigenvalue weighted by Crippen LogP contribution is -2.30. The average Bonchev–Trinajstić information content (AvgIpc) is 2.69. The van der Waals surface area contributed by atoms with E-state index in [0.717, 1.165) is 0 Å². The molecule has 1 aliphatic heterocycles. The van der Waals surface area contributed by atoms with Crippen molar-refractivity contribution in [3.63, 3.8) is 0 Å². The number of nitrogens with zero attached hydrogens (tertiary/aromatic N) is 1. The second kappa shape index (κ2) is 6.37. The standard InChI is InChI=1S/C12H19NO5/c1-3-18-11(15)5-4-10(14)13-6-8(2)9(7-13)12(16)17/h8-9H,3-7H2,1-2H3,(H,16,17). The van der Waals surface area contributed by atoms with E-state index in [9.17, 15) is 14.4 Å². The van der Waals surface area contributed by atoms with Crippen molar-refractivity contribution in [2.75, 3.05) is 19.7 Å². The quantitative estimate of drug-likeness (QED) is 0.725. The van der Waals surface area contributed by atoms with Crippen molar-refractivity contribution in [3.05, 3.63) is 0 Å². The van der Waals surface area contributed by atoms with Gasteiger partial charge in [-0.1, -0.05) is 6.92 Å². The van der Waals surface area contributed by atoms with E-state index >= 15 is 0 Å². The number of aliphatic carboxylic acids is 1. The summed E-state index contributed by atoms with van der Waals surface area (Å²) in [6, 6.07) is 0. The van der Waals surface area contributed by atoms with Crippen LogP contribution >= 0.6 is 0 Å². The number of esters is 1. The fraction of sp³-hybridized carbons (Fsp3) is 0.750. The zero-order chi connectivity index (χ0) is 13.7. The number of carboxylic acid groups (broad SMARTS) is 1. The topological polar surface area (TPSA) is 83.9 Å². The van der Waals surface area contributed by atoms with Crippen molar-refractivity contribution >= 4 is 17.8 Å². The van der Waals surface area contributed by atoms with Gasteiger partial charge in [0, 0.05) is 19.5 Å². The van der Waals surface area contributed by atoms with E-state index < -0.39 is 17.9 Å². The Kier molecular flexibility index (Phi) is 5.12. The number of carbonyl (C=O) groups excluding carboxylic acids is 2. The highest BCUT2D eigenvalue weighted by molar-refractivity contribution is 5.82. The van der Waals surface area contributed by atoms with Crippen LogP contribution in [-0.2, 0) is 19.1 Å². The van der Waals surface area contributed by atoms with E-state index in [1.165, 1.54) is 4.90 Å². The lowest BCUT2D eigenvalue weighted by molar-refractivity contribution is -0.146. The monoisotopic (exact) mass is 257 g/mol. The first-order valence-electron chi connectivity index (χ1n) is 6.11. The van der Waals surface area contributed by atoms with Crippen molar-refractivity contribution in [1.29, 1.82) is 0 Å². The molecule has 1 aliphatic rings. The van der Waals surface area contributed by atoms with Gasteiger partial charge in [-0.15, -0.1) is 0 Å².